The summed E-state index contributed by atoms with van der Waals surface area (Å²) in [5.74, 6) is -1.39. The van der Waals surface area contributed by atoms with E-state index in [1.54, 1.807) is 0 Å². The Hall–Kier alpha value is -2.89. The van der Waals surface area contributed by atoms with Crippen LogP contribution in [0, 0.1) is 5.82 Å². The number of halogens is 1. The number of carbonyl (C=O) groups excluding carboxylic acids is 1. The molecule has 2 aromatic carbocycles. The summed E-state index contributed by atoms with van der Waals surface area (Å²) in [5.41, 5.74) is 1.01. The quantitative estimate of drug-likeness (QED) is 0.814. The Balaban J connectivity index is 2.15. The molecule has 0 unspecified atom stereocenters. The monoisotopic (exact) mass is 331 g/mol. The van der Waals surface area contributed by atoms with Crippen molar-refractivity contribution in [2.24, 2.45) is 0 Å². The van der Waals surface area contributed by atoms with Gasteiger partial charge in [0, 0.05) is 0 Å². The van der Waals surface area contributed by atoms with Gasteiger partial charge < -0.3 is 15.2 Å². The molecule has 0 aliphatic rings. The standard InChI is InChI=1S/C18H18FNO4/c1-2-9-24-16-8-5-13(18(22)23)11-15(16)20-17(21)10-12-3-6-14(19)7-4-12/h3-8,11H,2,9-10H2,1H3,(H,20,21)(H,22,23). The van der Waals surface area contributed by atoms with E-state index in [0.29, 0.717) is 23.6 Å². The van der Waals surface area contributed by atoms with Gasteiger partial charge >= 0.3 is 5.97 Å². The van der Waals surface area contributed by atoms with Crippen molar-refractivity contribution < 1.29 is 23.8 Å². The van der Waals surface area contributed by atoms with Gasteiger partial charge in [0.2, 0.25) is 5.91 Å². The highest BCUT2D eigenvalue weighted by molar-refractivity contribution is 5.96. The van der Waals surface area contributed by atoms with Crippen molar-refractivity contribution in [1.29, 1.82) is 0 Å². The maximum Gasteiger partial charge on any atom is 0.335 e. The first kappa shape index (κ1) is 17.5. The number of rotatable bonds is 7. The second kappa shape index (κ2) is 8.10. The van der Waals surface area contributed by atoms with E-state index in [9.17, 15) is 14.0 Å². The summed E-state index contributed by atoms with van der Waals surface area (Å²) in [6.45, 7) is 2.39. The first-order chi connectivity index (χ1) is 11.5. The van der Waals surface area contributed by atoms with Crippen molar-refractivity contribution >= 4 is 17.6 Å². The van der Waals surface area contributed by atoms with E-state index in [1.807, 2.05) is 6.92 Å². The van der Waals surface area contributed by atoms with Gasteiger partial charge in [0.15, 0.2) is 0 Å². The average Bonchev–Trinajstić information content (AvgIpc) is 2.55. The van der Waals surface area contributed by atoms with E-state index in [-0.39, 0.29) is 23.7 Å². The summed E-state index contributed by atoms with van der Waals surface area (Å²) in [4.78, 5) is 23.3. The third-order valence-corrected chi connectivity index (χ3v) is 3.24. The van der Waals surface area contributed by atoms with Crippen molar-refractivity contribution in [3.05, 3.63) is 59.4 Å². The van der Waals surface area contributed by atoms with E-state index in [4.69, 9.17) is 9.84 Å². The van der Waals surface area contributed by atoms with Crippen LogP contribution in [-0.4, -0.2) is 23.6 Å². The molecule has 126 valence electrons. The molecule has 0 saturated carbocycles. The molecule has 0 aromatic heterocycles. The Morgan fingerprint density at radius 3 is 2.50 bits per heavy atom. The summed E-state index contributed by atoms with van der Waals surface area (Å²) in [6, 6.07) is 9.91. The molecule has 0 fully saturated rings. The smallest absolute Gasteiger partial charge is 0.335 e. The van der Waals surface area contributed by atoms with E-state index < -0.39 is 5.97 Å². The number of ether oxygens (including phenoxy) is 1. The summed E-state index contributed by atoms with van der Waals surface area (Å²) < 4.78 is 18.4. The lowest BCUT2D eigenvalue weighted by Crippen LogP contribution is -2.16. The number of hydrogen-bond acceptors (Lipinski definition) is 3. The van der Waals surface area contributed by atoms with Crippen molar-refractivity contribution in [3.63, 3.8) is 0 Å². The normalized spacial score (nSPS) is 10.2. The Bertz CT molecular complexity index is 728. The predicted molar refractivity (Wildman–Crippen MR) is 87.9 cm³/mol. The van der Waals surface area contributed by atoms with Crippen LogP contribution in [-0.2, 0) is 11.2 Å². The van der Waals surface area contributed by atoms with Gasteiger partial charge in [-0.15, -0.1) is 0 Å². The molecule has 6 heteroatoms. The number of amides is 1. The molecule has 2 rings (SSSR count). The molecule has 0 aliphatic carbocycles. The molecule has 5 nitrogen and oxygen atoms in total. The number of carboxylic acid groups (broad SMARTS) is 1. The Morgan fingerprint density at radius 2 is 1.88 bits per heavy atom. The van der Waals surface area contributed by atoms with Gasteiger partial charge in [0.25, 0.3) is 0 Å². The van der Waals surface area contributed by atoms with Gasteiger partial charge in [0.1, 0.15) is 11.6 Å². The summed E-state index contributed by atoms with van der Waals surface area (Å²) in [7, 11) is 0. The third-order valence-electron chi connectivity index (χ3n) is 3.24. The largest absolute Gasteiger partial charge is 0.491 e. The number of carboxylic acids is 1. The number of nitrogens with one attached hydrogen (secondary N) is 1. The molecule has 1 amide bonds. The summed E-state index contributed by atoms with van der Waals surface area (Å²) in [6.07, 6.45) is 0.828. The van der Waals surface area contributed by atoms with Crippen LogP contribution >= 0.6 is 0 Å². The lowest BCUT2D eigenvalue weighted by atomic mass is 10.1. The fourth-order valence-corrected chi connectivity index (χ4v) is 2.08. The molecule has 2 N–H and O–H groups in total. The number of aromatic carboxylic acids is 1. The maximum absolute atomic E-state index is 12.9. The highest BCUT2D eigenvalue weighted by atomic mass is 19.1. The molecule has 0 heterocycles. The number of anilines is 1. The van der Waals surface area contributed by atoms with E-state index >= 15 is 0 Å². The second-order valence-corrected chi connectivity index (χ2v) is 5.22. The minimum atomic E-state index is -1.09. The molecule has 0 aliphatic heterocycles. The van der Waals surface area contributed by atoms with Crippen LogP contribution in [0.15, 0.2) is 42.5 Å². The Kier molecular flexibility index (Phi) is 5.89. The average molecular weight is 331 g/mol. The van der Waals surface area contributed by atoms with Gasteiger partial charge in [-0.3, -0.25) is 4.79 Å². The van der Waals surface area contributed by atoms with Crippen LogP contribution < -0.4 is 10.1 Å². The molecular formula is C18H18FNO4. The van der Waals surface area contributed by atoms with Crippen LogP contribution in [0.2, 0.25) is 0 Å². The lowest BCUT2D eigenvalue weighted by molar-refractivity contribution is -0.115. The first-order valence-electron chi connectivity index (χ1n) is 7.54. The minimum absolute atomic E-state index is 0.0464. The van der Waals surface area contributed by atoms with E-state index in [2.05, 4.69) is 5.32 Å². The van der Waals surface area contributed by atoms with E-state index in [1.165, 1.54) is 42.5 Å². The lowest BCUT2D eigenvalue weighted by Gasteiger charge is -2.13. The molecule has 2 aromatic rings. The Morgan fingerprint density at radius 1 is 1.17 bits per heavy atom. The van der Waals surface area contributed by atoms with Crippen molar-refractivity contribution in [2.45, 2.75) is 19.8 Å². The van der Waals surface area contributed by atoms with Crippen molar-refractivity contribution in [1.82, 2.24) is 0 Å². The van der Waals surface area contributed by atoms with Gasteiger partial charge in [0.05, 0.1) is 24.3 Å². The van der Waals surface area contributed by atoms with Crippen LogP contribution in [0.25, 0.3) is 0 Å². The van der Waals surface area contributed by atoms with Gasteiger partial charge in [-0.2, -0.15) is 0 Å². The maximum atomic E-state index is 12.9. The van der Waals surface area contributed by atoms with Crippen molar-refractivity contribution in [2.75, 3.05) is 11.9 Å². The molecule has 0 bridgehead atoms. The molecular weight excluding hydrogens is 313 g/mol. The second-order valence-electron chi connectivity index (χ2n) is 5.22. The zero-order valence-electron chi connectivity index (χ0n) is 13.2. The van der Waals surface area contributed by atoms with Crippen molar-refractivity contribution in [3.8, 4) is 5.75 Å². The van der Waals surface area contributed by atoms with Crippen LogP contribution in [0.1, 0.15) is 29.3 Å². The fourth-order valence-electron chi connectivity index (χ4n) is 2.08. The van der Waals surface area contributed by atoms with Gasteiger partial charge in [-0.05, 0) is 42.3 Å². The topological polar surface area (TPSA) is 75.6 Å². The van der Waals surface area contributed by atoms with Crippen LogP contribution in [0.5, 0.6) is 5.75 Å². The predicted octanol–water partition coefficient (Wildman–Crippen LogP) is 3.49. The van der Waals surface area contributed by atoms with E-state index in [0.717, 1.165) is 6.42 Å². The zero-order chi connectivity index (χ0) is 17.5. The number of carbonyl (C=O) groups is 2. The SMILES string of the molecule is CCCOc1ccc(C(=O)O)cc1NC(=O)Cc1ccc(F)cc1. The molecule has 0 atom stereocenters. The van der Waals surface area contributed by atoms with Gasteiger partial charge in [-0.1, -0.05) is 19.1 Å². The zero-order valence-corrected chi connectivity index (χ0v) is 13.2. The van der Waals surface area contributed by atoms with Crippen LogP contribution in [0.3, 0.4) is 0 Å². The minimum Gasteiger partial charge on any atom is -0.491 e. The molecule has 24 heavy (non-hydrogen) atoms. The summed E-state index contributed by atoms with van der Waals surface area (Å²) in [5, 5.41) is 11.7. The molecule has 0 radical (unpaired) electrons. The van der Waals surface area contributed by atoms with Crippen LogP contribution in [0.4, 0.5) is 10.1 Å². The summed E-state index contributed by atoms with van der Waals surface area (Å²) >= 11 is 0. The first-order valence-corrected chi connectivity index (χ1v) is 7.54. The number of benzene rings is 2. The molecule has 0 spiro atoms. The molecule has 0 saturated heterocycles. The fraction of sp³-hybridized carbons (Fsp3) is 0.222. The number of hydrogen-bond donors (Lipinski definition) is 2. The highest BCUT2D eigenvalue weighted by Gasteiger charge is 2.12. The third kappa shape index (κ3) is 4.81. The highest BCUT2D eigenvalue weighted by Crippen LogP contribution is 2.26. The Labute approximate surface area is 139 Å². The van der Waals surface area contributed by atoms with Gasteiger partial charge in [-0.25, -0.2) is 9.18 Å².